The van der Waals surface area contributed by atoms with Crippen LogP contribution in [0.4, 0.5) is 18.9 Å². The molecule has 1 N–H and O–H groups in total. The summed E-state index contributed by atoms with van der Waals surface area (Å²) in [4.78, 5) is 4.00. The number of aliphatic hydroxyl groups is 1. The molecular formula is C14H18ClF3N2O. The van der Waals surface area contributed by atoms with E-state index in [1.807, 2.05) is 4.90 Å². The number of hydrogen-bond donors (Lipinski definition) is 1. The zero-order valence-corrected chi connectivity index (χ0v) is 12.2. The SMILES string of the molecule is O[C@H](CCl)CN1CCN(c2cccc(C(F)(F)F)c2)CC1. The van der Waals surface area contributed by atoms with Crippen LogP contribution in [0.1, 0.15) is 5.56 Å². The number of halogens is 4. The van der Waals surface area contributed by atoms with Crippen molar-refractivity contribution in [3.05, 3.63) is 29.8 Å². The second-order valence-electron chi connectivity index (χ2n) is 5.14. The van der Waals surface area contributed by atoms with Crippen LogP contribution in [0.2, 0.25) is 0 Å². The molecule has 1 aromatic rings. The zero-order chi connectivity index (χ0) is 15.5. The van der Waals surface area contributed by atoms with Crippen molar-refractivity contribution in [2.75, 3.05) is 43.5 Å². The average Bonchev–Trinajstić information content (AvgIpc) is 2.47. The van der Waals surface area contributed by atoms with E-state index in [1.54, 1.807) is 6.07 Å². The van der Waals surface area contributed by atoms with Gasteiger partial charge in [0.05, 0.1) is 11.7 Å². The average molecular weight is 323 g/mol. The Morgan fingerprint density at radius 2 is 1.86 bits per heavy atom. The summed E-state index contributed by atoms with van der Waals surface area (Å²) in [7, 11) is 0. The third-order valence-corrected chi connectivity index (χ3v) is 3.91. The number of benzene rings is 1. The maximum absolute atomic E-state index is 12.7. The summed E-state index contributed by atoms with van der Waals surface area (Å²) >= 11 is 5.56. The summed E-state index contributed by atoms with van der Waals surface area (Å²) in [5.74, 6) is 0.188. The molecule has 1 aliphatic heterocycles. The van der Waals surface area contributed by atoms with Crippen LogP contribution < -0.4 is 4.90 Å². The van der Waals surface area contributed by atoms with Gasteiger partial charge in [-0.1, -0.05) is 6.07 Å². The minimum atomic E-state index is -4.32. The second kappa shape index (κ2) is 6.85. The number of β-amino-alcohol motifs (C(OH)–C–C–N with tert-alkyl or cyclic N) is 1. The van der Waals surface area contributed by atoms with Crippen LogP contribution in [0.3, 0.4) is 0 Å². The van der Waals surface area contributed by atoms with Crippen LogP contribution in [-0.2, 0) is 6.18 Å². The Kier molecular flexibility index (Phi) is 5.35. The van der Waals surface area contributed by atoms with Crippen molar-refractivity contribution in [3.8, 4) is 0 Å². The minimum Gasteiger partial charge on any atom is -0.391 e. The summed E-state index contributed by atoms with van der Waals surface area (Å²) in [6.45, 7) is 3.17. The largest absolute Gasteiger partial charge is 0.416 e. The van der Waals surface area contributed by atoms with Crippen LogP contribution in [-0.4, -0.2) is 54.7 Å². The van der Waals surface area contributed by atoms with Crippen LogP contribution in [0.5, 0.6) is 0 Å². The van der Waals surface area contributed by atoms with Crippen molar-refractivity contribution in [1.82, 2.24) is 4.90 Å². The maximum Gasteiger partial charge on any atom is 0.416 e. The number of alkyl halides is 4. The Morgan fingerprint density at radius 1 is 1.19 bits per heavy atom. The first-order valence-electron chi connectivity index (χ1n) is 6.79. The van der Waals surface area contributed by atoms with Crippen LogP contribution in [0.25, 0.3) is 0 Å². The molecule has 1 saturated heterocycles. The highest BCUT2D eigenvalue weighted by molar-refractivity contribution is 6.18. The first kappa shape index (κ1) is 16.4. The van der Waals surface area contributed by atoms with E-state index in [-0.39, 0.29) is 5.88 Å². The van der Waals surface area contributed by atoms with Gasteiger partial charge in [0.1, 0.15) is 0 Å². The first-order chi connectivity index (χ1) is 9.90. The molecule has 0 bridgehead atoms. The molecular weight excluding hydrogens is 305 g/mol. The van der Waals surface area contributed by atoms with Gasteiger partial charge in [0, 0.05) is 44.3 Å². The van der Waals surface area contributed by atoms with Crippen molar-refractivity contribution in [2.24, 2.45) is 0 Å². The van der Waals surface area contributed by atoms with Crippen molar-refractivity contribution >= 4 is 17.3 Å². The quantitative estimate of drug-likeness (QED) is 0.863. The van der Waals surface area contributed by atoms with E-state index in [2.05, 4.69) is 4.90 Å². The van der Waals surface area contributed by atoms with E-state index < -0.39 is 17.8 Å². The Labute approximate surface area is 126 Å². The molecule has 0 unspecified atom stereocenters. The topological polar surface area (TPSA) is 26.7 Å². The van der Waals surface area contributed by atoms with E-state index in [0.29, 0.717) is 38.4 Å². The van der Waals surface area contributed by atoms with Crippen molar-refractivity contribution < 1.29 is 18.3 Å². The van der Waals surface area contributed by atoms with Gasteiger partial charge in [0.15, 0.2) is 0 Å². The molecule has 1 fully saturated rings. The summed E-state index contributed by atoms with van der Waals surface area (Å²) in [6.07, 6.45) is -4.88. The number of aliphatic hydroxyl groups excluding tert-OH is 1. The molecule has 0 amide bonds. The van der Waals surface area contributed by atoms with E-state index in [1.165, 1.54) is 12.1 Å². The molecule has 0 radical (unpaired) electrons. The molecule has 7 heteroatoms. The Morgan fingerprint density at radius 3 is 2.43 bits per heavy atom. The van der Waals surface area contributed by atoms with E-state index in [0.717, 1.165) is 6.07 Å². The summed E-state index contributed by atoms with van der Waals surface area (Å²) < 4.78 is 38.1. The van der Waals surface area contributed by atoms with Crippen molar-refractivity contribution in [3.63, 3.8) is 0 Å². The fourth-order valence-corrected chi connectivity index (χ4v) is 2.51. The Balaban J connectivity index is 1.96. The lowest BCUT2D eigenvalue weighted by Gasteiger charge is -2.36. The van der Waals surface area contributed by atoms with Gasteiger partial charge >= 0.3 is 6.18 Å². The molecule has 1 aliphatic rings. The highest BCUT2D eigenvalue weighted by atomic mass is 35.5. The van der Waals surface area contributed by atoms with Gasteiger partial charge in [-0.25, -0.2) is 0 Å². The lowest BCUT2D eigenvalue weighted by molar-refractivity contribution is -0.137. The van der Waals surface area contributed by atoms with Gasteiger partial charge in [0.25, 0.3) is 0 Å². The maximum atomic E-state index is 12.7. The molecule has 118 valence electrons. The second-order valence-corrected chi connectivity index (χ2v) is 5.45. The molecule has 0 saturated carbocycles. The number of rotatable bonds is 4. The van der Waals surface area contributed by atoms with Crippen molar-refractivity contribution in [1.29, 1.82) is 0 Å². The van der Waals surface area contributed by atoms with Gasteiger partial charge in [0.2, 0.25) is 0 Å². The lowest BCUT2D eigenvalue weighted by atomic mass is 10.1. The van der Waals surface area contributed by atoms with E-state index in [4.69, 9.17) is 11.6 Å². The third kappa shape index (κ3) is 4.49. The molecule has 1 heterocycles. The number of nitrogens with zero attached hydrogens (tertiary/aromatic N) is 2. The normalized spacial score (nSPS) is 18.8. The van der Waals surface area contributed by atoms with Crippen molar-refractivity contribution in [2.45, 2.75) is 12.3 Å². The molecule has 21 heavy (non-hydrogen) atoms. The summed E-state index contributed by atoms with van der Waals surface area (Å²) in [5, 5.41) is 9.51. The monoisotopic (exact) mass is 322 g/mol. The highest BCUT2D eigenvalue weighted by Crippen LogP contribution is 2.31. The molecule has 0 aliphatic carbocycles. The zero-order valence-electron chi connectivity index (χ0n) is 11.5. The molecule has 3 nitrogen and oxygen atoms in total. The lowest BCUT2D eigenvalue weighted by Crippen LogP contribution is -2.48. The van der Waals surface area contributed by atoms with Gasteiger partial charge in [-0.15, -0.1) is 11.6 Å². The van der Waals surface area contributed by atoms with E-state index >= 15 is 0 Å². The summed E-state index contributed by atoms with van der Waals surface area (Å²) in [5.41, 5.74) is -0.0395. The smallest absolute Gasteiger partial charge is 0.391 e. The predicted molar refractivity (Wildman–Crippen MR) is 76.8 cm³/mol. The van der Waals surface area contributed by atoms with Crippen LogP contribution >= 0.6 is 11.6 Å². The van der Waals surface area contributed by atoms with Gasteiger partial charge < -0.3 is 10.0 Å². The molecule has 1 aromatic carbocycles. The molecule has 1 atom stereocenters. The predicted octanol–water partition coefficient (Wildman–Crippen LogP) is 2.43. The van der Waals surface area contributed by atoms with Crippen LogP contribution in [0, 0.1) is 0 Å². The minimum absolute atomic E-state index is 0.188. The standard InChI is InChI=1S/C14H18ClF3N2O/c15-9-13(21)10-19-4-6-20(7-5-19)12-3-1-2-11(8-12)14(16,17)18/h1-3,8,13,21H,4-7,9-10H2/t13-/m1/s1. The summed E-state index contributed by atoms with van der Waals surface area (Å²) in [6, 6.07) is 5.39. The van der Waals surface area contributed by atoms with Gasteiger partial charge in [-0.05, 0) is 18.2 Å². The number of piperazine rings is 1. The molecule has 2 rings (SSSR count). The Bertz CT molecular complexity index is 462. The molecule has 0 aromatic heterocycles. The number of anilines is 1. The van der Waals surface area contributed by atoms with E-state index in [9.17, 15) is 18.3 Å². The highest BCUT2D eigenvalue weighted by Gasteiger charge is 2.31. The third-order valence-electron chi connectivity index (χ3n) is 3.56. The molecule has 0 spiro atoms. The van der Waals surface area contributed by atoms with Gasteiger partial charge in [-0.2, -0.15) is 13.2 Å². The fraction of sp³-hybridized carbons (Fsp3) is 0.571. The Hall–Kier alpha value is -0.980. The van der Waals surface area contributed by atoms with Gasteiger partial charge in [-0.3, -0.25) is 4.90 Å². The number of hydrogen-bond acceptors (Lipinski definition) is 3. The van der Waals surface area contributed by atoms with Crippen LogP contribution in [0.15, 0.2) is 24.3 Å². The first-order valence-corrected chi connectivity index (χ1v) is 7.32. The fourth-order valence-electron chi connectivity index (χ4n) is 2.41.